The molecule has 0 unspecified atom stereocenters. The van der Waals surface area contributed by atoms with Crippen LogP contribution in [-0.4, -0.2) is 36.5 Å². The van der Waals surface area contributed by atoms with E-state index in [2.05, 4.69) is 22.3 Å². The molecular formula is C23H27F2N3O. The maximum Gasteiger partial charge on any atom is 0.222 e. The van der Waals surface area contributed by atoms with Gasteiger partial charge < -0.3 is 15.1 Å². The van der Waals surface area contributed by atoms with Gasteiger partial charge in [0, 0.05) is 56.9 Å². The van der Waals surface area contributed by atoms with E-state index >= 15 is 0 Å². The number of likely N-dealkylation sites (tertiary alicyclic amines) is 1. The Morgan fingerprint density at radius 2 is 1.72 bits per heavy atom. The number of piperidine rings is 1. The monoisotopic (exact) mass is 399 g/mol. The van der Waals surface area contributed by atoms with Crippen molar-refractivity contribution in [1.29, 1.82) is 0 Å². The third-order valence-electron chi connectivity index (χ3n) is 6.00. The van der Waals surface area contributed by atoms with Crippen LogP contribution in [0.5, 0.6) is 0 Å². The van der Waals surface area contributed by atoms with E-state index in [0.29, 0.717) is 19.0 Å². The number of nitrogens with zero attached hydrogens (tertiary/aromatic N) is 2. The highest BCUT2D eigenvalue weighted by Gasteiger charge is 2.22. The van der Waals surface area contributed by atoms with Crippen LogP contribution in [0.15, 0.2) is 42.5 Å². The predicted octanol–water partition coefficient (Wildman–Crippen LogP) is 3.85. The maximum absolute atomic E-state index is 13.5. The van der Waals surface area contributed by atoms with Crippen LogP contribution in [0, 0.1) is 11.6 Å². The largest absolute Gasteiger partial charge is 0.371 e. The Morgan fingerprint density at radius 1 is 0.966 bits per heavy atom. The van der Waals surface area contributed by atoms with Crippen molar-refractivity contribution in [2.24, 2.45) is 0 Å². The number of amides is 1. The number of anilines is 1. The minimum Gasteiger partial charge on any atom is -0.371 e. The quantitative estimate of drug-likeness (QED) is 0.802. The fourth-order valence-electron chi connectivity index (χ4n) is 4.24. The van der Waals surface area contributed by atoms with E-state index in [4.69, 9.17) is 0 Å². The molecule has 2 heterocycles. The summed E-state index contributed by atoms with van der Waals surface area (Å²) in [5.74, 6) is -1.35. The standard InChI is InChI=1S/C23H27F2N3O/c24-21-8-7-20(14-22(21)25)27-12-9-19(10-13-27)26-15-17-4-1-2-5-18(17)16-28-11-3-6-23(28)29/h1-2,4-5,7-8,14,19,26H,3,6,9-13,15-16H2. The molecule has 2 saturated heterocycles. The normalized spacial score (nSPS) is 17.9. The van der Waals surface area contributed by atoms with E-state index in [9.17, 15) is 13.6 Å². The zero-order chi connectivity index (χ0) is 20.2. The first-order valence-corrected chi connectivity index (χ1v) is 10.4. The smallest absolute Gasteiger partial charge is 0.222 e. The molecule has 0 saturated carbocycles. The lowest BCUT2D eigenvalue weighted by Crippen LogP contribution is -2.42. The molecule has 0 aliphatic carbocycles. The van der Waals surface area contributed by atoms with Crippen molar-refractivity contribution in [3.63, 3.8) is 0 Å². The van der Waals surface area contributed by atoms with Gasteiger partial charge in [-0.15, -0.1) is 0 Å². The highest BCUT2D eigenvalue weighted by molar-refractivity contribution is 5.78. The number of halogens is 2. The van der Waals surface area contributed by atoms with Gasteiger partial charge in [-0.2, -0.15) is 0 Å². The average molecular weight is 399 g/mol. The molecule has 2 aromatic carbocycles. The second kappa shape index (κ2) is 8.91. The molecule has 0 radical (unpaired) electrons. The van der Waals surface area contributed by atoms with E-state index in [-0.39, 0.29) is 5.91 Å². The van der Waals surface area contributed by atoms with Gasteiger partial charge in [-0.1, -0.05) is 24.3 Å². The first-order chi connectivity index (χ1) is 14.1. The Hall–Kier alpha value is -2.47. The van der Waals surface area contributed by atoms with Gasteiger partial charge in [-0.25, -0.2) is 8.78 Å². The summed E-state index contributed by atoms with van der Waals surface area (Å²) in [4.78, 5) is 16.0. The van der Waals surface area contributed by atoms with Crippen LogP contribution < -0.4 is 10.2 Å². The van der Waals surface area contributed by atoms with Gasteiger partial charge in [-0.05, 0) is 42.5 Å². The Labute approximate surface area is 170 Å². The van der Waals surface area contributed by atoms with Crippen molar-refractivity contribution in [1.82, 2.24) is 10.2 Å². The van der Waals surface area contributed by atoms with Gasteiger partial charge in [-0.3, -0.25) is 4.79 Å². The summed E-state index contributed by atoms with van der Waals surface area (Å²) in [6.07, 6.45) is 3.52. The van der Waals surface area contributed by atoms with E-state index in [1.54, 1.807) is 6.07 Å². The highest BCUT2D eigenvalue weighted by Crippen LogP contribution is 2.23. The molecule has 1 N–H and O–H groups in total. The number of rotatable bonds is 6. The van der Waals surface area contributed by atoms with Gasteiger partial charge >= 0.3 is 0 Å². The summed E-state index contributed by atoms with van der Waals surface area (Å²) >= 11 is 0. The Kier molecular flexibility index (Phi) is 6.09. The van der Waals surface area contributed by atoms with E-state index in [0.717, 1.165) is 51.1 Å². The molecule has 2 aliphatic heterocycles. The summed E-state index contributed by atoms with van der Waals surface area (Å²) in [6.45, 7) is 3.93. The lowest BCUT2D eigenvalue weighted by Gasteiger charge is -2.34. The van der Waals surface area contributed by atoms with Crippen LogP contribution in [-0.2, 0) is 17.9 Å². The molecule has 0 aromatic heterocycles. The molecule has 1 amide bonds. The fourth-order valence-corrected chi connectivity index (χ4v) is 4.24. The van der Waals surface area contributed by atoms with Crippen LogP contribution in [0.4, 0.5) is 14.5 Å². The third-order valence-corrected chi connectivity index (χ3v) is 6.00. The van der Waals surface area contributed by atoms with Crippen molar-refractivity contribution in [2.75, 3.05) is 24.5 Å². The summed E-state index contributed by atoms with van der Waals surface area (Å²) in [7, 11) is 0. The van der Waals surface area contributed by atoms with Crippen molar-refractivity contribution in [2.45, 2.75) is 44.8 Å². The average Bonchev–Trinajstić information content (AvgIpc) is 3.14. The number of hydrogen-bond acceptors (Lipinski definition) is 3. The first kappa shape index (κ1) is 19.8. The molecule has 154 valence electrons. The third kappa shape index (κ3) is 4.75. The topological polar surface area (TPSA) is 35.6 Å². The lowest BCUT2D eigenvalue weighted by molar-refractivity contribution is -0.128. The van der Waals surface area contributed by atoms with Crippen LogP contribution in [0.1, 0.15) is 36.8 Å². The number of nitrogens with one attached hydrogen (secondary N) is 1. The molecule has 2 aliphatic rings. The maximum atomic E-state index is 13.5. The van der Waals surface area contributed by atoms with Gasteiger partial charge in [0.1, 0.15) is 0 Å². The number of carbonyl (C=O) groups excluding carboxylic acids is 1. The van der Waals surface area contributed by atoms with Crippen molar-refractivity contribution < 1.29 is 13.6 Å². The van der Waals surface area contributed by atoms with Gasteiger partial charge in [0.2, 0.25) is 5.91 Å². The van der Waals surface area contributed by atoms with E-state index in [1.165, 1.54) is 23.3 Å². The van der Waals surface area contributed by atoms with Crippen LogP contribution >= 0.6 is 0 Å². The zero-order valence-corrected chi connectivity index (χ0v) is 16.5. The second-order valence-electron chi connectivity index (χ2n) is 7.93. The predicted molar refractivity (Wildman–Crippen MR) is 110 cm³/mol. The van der Waals surface area contributed by atoms with Gasteiger partial charge in [0.05, 0.1) is 0 Å². The Morgan fingerprint density at radius 3 is 2.41 bits per heavy atom. The molecule has 4 nitrogen and oxygen atoms in total. The van der Waals surface area contributed by atoms with Crippen molar-refractivity contribution in [3.8, 4) is 0 Å². The number of hydrogen-bond donors (Lipinski definition) is 1. The van der Waals surface area contributed by atoms with Crippen LogP contribution in [0.3, 0.4) is 0 Å². The lowest BCUT2D eigenvalue weighted by atomic mass is 10.0. The Balaban J connectivity index is 1.30. The van der Waals surface area contributed by atoms with Gasteiger partial charge in [0.25, 0.3) is 0 Å². The summed E-state index contributed by atoms with van der Waals surface area (Å²) < 4.78 is 26.6. The van der Waals surface area contributed by atoms with E-state index in [1.807, 2.05) is 17.0 Å². The Bertz CT molecular complexity index is 865. The molecule has 2 fully saturated rings. The summed E-state index contributed by atoms with van der Waals surface area (Å²) in [6, 6.07) is 12.8. The summed E-state index contributed by atoms with van der Waals surface area (Å²) in [5.41, 5.74) is 3.17. The minimum atomic E-state index is -0.806. The van der Waals surface area contributed by atoms with Crippen LogP contribution in [0.25, 0.3) is 0 Å². The zero-order valence-electron chi connectivity index (χ0n) is 16.5. The van der Waals surface area contributed by atoms with Crippen LogP contribution in [0.2, 0.25) is 0 Å². The van der Waals surface area contributed by atoms with Crippen molar-refractivity contribution in [3.05, 3.63) is 65.2 Å². The first-order valence-electron chi connectivity index (χ1n) is 10.4. The van der Waals surface area contributed by atoms with Crippen molar-refractivity contribution >= 4 is 11.6 Å². The molecule has 4 rings (SSSR count). The van der Waals surface area contributed by atoms with Gasteiger partial charge in [0.15, 0.2) is 11.6 Å². The molecule has 29 heavy (non-hydrogen) atoms. The SMILES string of the molecule is O=C1CCCN1Cc1ccccc1CNC1CCN(c2ccc(F)c(F)c2)CC1. The molecule has 0 bridgehead atoms. The fraction of sp³-hybridized carbons (Fsp3) is 0.435. The van der Waals surface area contributed by atoms with E-state index < -0.39 is 11.6 Å². The second-order valence-corrected chi connectivity index (χ2v) is 7.93. The number of carbonyl (C=O) groups is 1. The molecule has 0 spiro atoms. The highest BCUT2D eigenvalue weighted by atomic mass is 19.2. The molecular weight excluding hydrogens is 372 g/mol. The number of benzene rings is 2. The molecule has 6 heteroatoms. The minimum absolute atomic E-state index is 0.248. The molecule has 0 atom stereocenters. The molecule has 2 aromatic rings. The summed E-state index contributed by atoms with van der Waals surface area (Å²) in [5, 5.41) is 3.64.